The molecule has 3 aromatic rings. The highest BCUT2D eigenvalue weighted by Crippen LogP contribution is 2.38. The molecule has 0 aliphatic heterocycles. The van der Waals surface area contributed by atoms with E-state index in [1.807, 2.05) is 0 Å². The Morgan fingerprint density at radius 1 is 0.964 bits per heavy atom. The second-order valence-corrected chi connectivity index (χ2v) is 5.75. The number of aromatic nitrogens is 1. The zero-order valence-electron chi connectivity index (χ0n) is 15.8. The van der Waals surface area contributed by atoms with Crippen molar-refractivity contribution in [1.29, 1.82) is 0 Å². The van der Waals surface area contributed by atoms with E-state index in [4.69, 9.17) is 18.6 Å². The number of carbonyl (C=O) groups is 2. The molecule has 0 unspecified atom stereocenters. The van der Waals surface area contributed by atoms with Crippen LogP contribution in [0, 0.1) is 0 Å². The van der Waals surface area contributed by atoms with Crippen molar-refractivity contribution in [2.24, 2.45) is 0 Å². The fraction of sp³-hybridized carbons (Fsp3) is 0.211. The van der Waals surface area contributed by atoms with Crippen molar-refractivity contribution in [2.45, 2.75) is 6.92 Å². The molecule has 0 saturated carbocycles. The molecule has 2 aromatic carbocycles. The van der Waals surface area contributed by atoms with Crippen molar-refractivity contribution < 1.29 is 28.2 Å². The Balaban J connectivity index is 1.87. The molecule has 0 bridgehead atoms. The van der Waals surface area contributed by atoms with Gasteiger partial charge in [0.05, 0.1) is 21.3 Å². The van der Waals surface area contributed by atoms with Crippen LogP contribution in [0.2, 0.25) is 0 Å². The summed E-state index contributed by atoms with van der Waals surface area (Å²) in [6.07, 6.45) is 0. The smallest absolute Gasteiger partial charge is 0.302 e. The van der Waals surface area contributed by atoms with Crippen LogP contribution in [0.15, 0.2) is 34.7 Å². The Hall–Kier alpha value is -3.75. The van der Waals surface area contributed by atoms with Gasteiger partial charge in [0, 0.05) is 24.2 Å². The lowest BCUT2D eigenvalue weighted by atomic mass is 10.1. The van der Waals surface area contributed by atoms with Crippen LogP contribution in [0.3, 0.4) is 0 Å². The van der Waals surface area contributed by atoms with Gasteiger partial charge in [0.2, 0.25) is 11.7 Å². The molecule has 0 fully saturated rings. The molecule has 146 valence electrons. The molecule has 0 aliphatic rings. The third-order valence-corrected chi connectivity index (χ3v) is 3.86. The van der Waals surface area contributed by atoms with E-state index in [2.05, 4.69) is 15.6 Å². The number of nitrogens with one attached hydrogen (secondary N) is 2. The van der Waals surface area contributed by atoms with Gasteiger partial charge in [-0.05, 0) is 24.3 Å². The summed E-state index contributed by atoms with van der Waals surface area (Å²) in [5, 5.41) is 5.25. The van der Waals surface area contributed by atoms with Crippen molar-refractivity contribution in [1.82, 2.24) is 4.98 Å². The van der Waals surface area contributed by atoms with E-state index < -0.39 is 5.91 Å². The van der Waals surface area contributed by atoms with Crippen LogP contribution in [0.4, 0.5) is 11.7 Å². The zero-order chi connectivity index (χ0) is 20.3. The molecule has 0 aliphatic carbocycles. The molecule has 1 heterocycles. The average Bonchev–Trinajstić information content (AvgIpc) is 3.07. The van der Waals surface area contributed by atoms with Crippen LogP contribution in [0.5, 0.6) is 17.2 Å². The second-order valence-electron chi connectivity index (χ2n) is 5.75. The minimum absolute atomic E-state index is 0.0220. The molecule has 0 spiro atoms. The van der Waals surface area contributed by atoms with E-state index in [0.29, 0.717) is 34.0 Å². The molecular formula is C19H19N3O6. The number of amides is 2. The fourth-order valence-electron chi connectivity index (χ4n) is 2.64. The number of hydrogen-bond acceptors (Lipinski definition) is 7. The predicted molar refractivity (Wildman–Crippen MR) is 102 cm³/mol. The summed E-state index contributed by atoms with van der Waals surface area (Å²) in [5.74, 6) is 0.422. The summed E-state index contributed by atoms with van der Waals surface area (Å²) in [7, 11) is 4.41. The fourth-order valence-corrected chi connectivity index (χ4v) is 2.64. The lowest BCUT2D eigenvalue weighted by Crippen LogP contribution is -2.12. The summed E-state index contributed by atoms with van der Waals surface area (Å²) in [6, 6.07) is 8.06. The van der Waals surface area contributed by atoms with Crippen LogP contribution in [-0.4, -0.2) is 38.1 Å². The first-order valence-corrected chi connectivity index (χ1v) is 8.24. The first kappa shape index (κ1) is 19.0. The van der Waals surface area contributed by atoms with Gasteiger partial charge in [-0.15, -0.1) is 0 Å². The summed E-state index contributed by atoms with van der Waals surface area (Å²) in [6.45, 7) is 1.41. The van der Waals surface area contributed by atoms with Gasteiger partial charge in [-0.3, -0.25) is 14.9 Å². The van der Waals surface area contributed by atoms with E-state index in [1.165, 1.54) is 40.4 Å². The van der Waals surface area contributed by atoms with E-state index >= 15 is 0 Å². The van der Waals surface area contributed by atoms with Gasteiger partial charge in [-0.2, -0.15) is 4.98 Å². The number of oxazole rings is 1. The minimum atomic E-state index is -0.465. The van der Waals surface area contributed by atoms with Crippen molar-refractivity contribution >= 4 is 34.6 Å². The lowest BCUT2D eigenvalue weighted by molar-refractivity contribution is -0.114. The van der Waals surface area contributed by atoms with Crippen LogP contribution in [0.25, 0.3) is 11.1 Å². The lowest BCUT2D eigenvalue weighted by Gasteiger charge is -2.13. The number of carbonyl (C=O) groups excluding carboxylic acids is 2. The monoisotopic (exact) mass is 385 g/mol. The maximum atomic E-state index is 12.6. The first-order valence-electron chi connectivity index (χ1n) is 8.24. The maximum absolute atomic E-state index is 12.6. The Labute approximate surface area is 160 Å². The van der Waals surface area contributed by atoms with E-state index in [-0.39, 0.29) is 17.5 Å². The van der Waals surface area contributed by atoms with E-state index in [0.717, 1.165) is 0 Å². The number of anilines is 2. The van der Waals surface area contributed by atoms with Gasteiger partial charge in [0.1, 0.15) is 5.52 Å². The number of nitrogens with zero attached hydrogens (tertiary/aromatic N) is 1. The molecule has 1 aromatic heterocycles. The molecule has 0 atom stereocenters. The highest BCUT2D eigenvalue weighted by atomic mass is 16.5. The summed E-state index contributed by atoms with van der Waals surface area (Å²) in [4.78, 5) is 28.0. The number of hydrogen-bond donors (Lipinski definition) is 2. The quantitative estimate of drug-likeness (QED) is 0.671. The molecule has 9 nitrogen and oxygen atoms in total. The Kier molecular flexibility index (Phi) is 5.35. The Morgan fingerprint density at radius 2 is 1.64 bits per heavy atom. The largest absolute Gasteiger partial charge is 0.493 e. The summed E-state index contributed by atoms with van der Waals surface area (Å²) < 4.78 is 21.3. The van der Waals surface area contributed by atoms with Crippen molar-refractivity contribution in [3.05, 3.63) is 35.9 Å². The van der Waals surface area contributed by atoms with Crippen molar-refractivity contribution in [2.75, 3.05) is 32.0 Å². The summed E-state index contributed by atoms with van der Waals surface area (Å²) >= 11 is 0. The highest BCUT2D eigenvalue weighted by Gasteiger charge is 2.18. The number of methoxy groups -OCH3 is 3. The van der Waals surface area contributed by atoms with Gasteiger partial charge in [0.25, 0.3) is 5.91 Å². The molecule has 28 heavy (non-hydrogen) atoms. The van der Waals surface area contributed by atoms with E-state index in [9.17, 15) is 9.59 Å². The first-order chi connectivity index (χ1) is 13.4. The van der Waals surface area contributed by atoms with Crippen LogP contribution in [0.1, 0.15) is 17.3 Å². The minimum Gasteiger partial charge on any atom is -0.493 e. The third kappa shape index (κ3) is 3.83. The maximum Gasteiger partial charge on any atom is 0.302 e. The normalized spacial score (nSPS) is 10.4. The standard InChI is InChI=1S/C19H19N3O6/c1-10(23)20-12-5-6-13-14(9-12)28-19(21-13)22-18(24)11-7-15(25-2)17(27-4)16(8-11)26-3/h5-9H,1-4H3,(H,20,23)(H,21,22,24). The Bertz CT molecular complexity index is 1020. The molecule has 0 saturated heterocycles. The van der Waals surface area contributed by atoms with Crippen LogP contribution in [-0.2, 0) is 4.79 Å². The number of rotatable bonds is 6. The number of ether oxygens (including phenoxy) is 3. The van der Waals surface area contributed by atoms with Crippen LogP contribution < -0.4 is 24.8 Å². The van der Waals surface area contributed by atoms with Gasteiger partial charge >= 0.3 is 6.01 Å². The molecule has 3 rings (SSSR count). The van der Waals surface area contributed by atoms with Gasteiger partial charge in [-0.25, -0.2) is 0 Å². The molecule has 2 N–H and O–H groups in total. The van der Waals surface area contributed by atoms with Gasteiger partial charge in [0.15, 0.2) is 17.1 Å². The van der Waals surface area contributed by atoms with Gasteiger partial charge < -0.3 is 23.9 Å². The van der Waals surface area contributed by atoms with E-state index in [1.54, 1.807) is 18.2 Å². The third-order valence-electron chi connectivity index (χ3n) is 3.86. The molecule has 9 heteroatoms. The van der Waals surface area contributed by atoms with Crippen LogP contribution >= 0.6 is 0 Å². The molecular weight excluding hydrogens is 366 g/mol. The summed E-state index contributed by atoms with van der Waals surface area (Å²) in [5.41, 5.74) is 1.80. The Morgan fingerprint density at radius 3 is 2.21 bits per heavy atom. The van der Waals surface area contributed by atoms with Gasteiger partial charge in [-0.1, -0.05) is 0 Å². The zero-order valence-corrected chi connectivity index (χ0v) is 15.8. The average molecular weight is 385 g/mol. The topological polar surface area (TPSA) is 112 Å². The predicted octanol–water partition coefficient (Wildman–Crippen LogP) is 3.06. The highest BCUT2D eigenvalue weighted by molar-refractivity contribution is 6.04. The number of benzene rings is 2. The number of fused-ring (bicyclic) bond motifs is 1. The molecule has 2 amide bonds. The van der Waals surface area contributed by atoms with Crippen molar-refractivity contribution in [3.8, 4) is 17.2 Å². The van der Waals surface area contributed by atoms with Crippen molar-refractivity contribution in [3.63, 3.8) is 0 Å². The SMILES string of the molecule is COc1cc(C(=O)Nc2nc3ccc(NC(C)=O)cc3o2)cc(OC)c1OC. The molecule has 0 radical (unpaired) electrons. The second kappa shape index (κ2) is 7.87.